The first-order chi connectivity index (χ1) is 10.8. The quantitative estimate of drug-likeness (QED) is 0.715. The third-order valence-corrected chi connectivity index (χ3v) is 4.03. The highest BCUT2D eigenvalue weighted by Gasteiger charge is 2.19. The Morgan fingerprint density at radius 1 is 1.30 bits per heavy atom. The number of hydrogen-bond acceptors (Lipinski definition) is 3. The second kappa shape index (κ2) is 11.3. The highest BCUT2D eigenvalue weighted by Crippen LogP contribution is 2.13. The van der Waals surface area contributed by atoms with E-state index in [9.17, 15) is 4.79 Å². The molecule has 0 aromatic heterocycles. The Hall–Kier alpha value is -1.26. The summed E-state index contributed by atoms with van der Waals surface area (Å²) in [5.74, 6) is 1.06. The molecule has 1 aromatic rings. The number of amides is 1. The summed E-state index contributed by atoms with van der Waals surface area (Å²) in [5.41, 5.74) is 1.22. The average Bonchev–Trinajstić information content (AvgIpc) is 2.57. The average molecular weight is 341 g/mol. The number of halogens is 1. The van der Waals surface area contributed by atoms with Crippen LogP contribution in [0.5, 0.6) is 5.75 Å². The van der Waals surface area contributed by atoms with Gasteiger partial charge in [0.05, 0.1) is 12.6 Å². The minimum Gasteiger partial charge on any atom is -0.494 e. The highest BCUT2D eigenvalue weighted by atomic mass is 35.5. The van der Waals surface area contributed by atoms with Crippen LogP contribution in [0.25, 0.3) is 0 Å². The zero-order valence-corrected chi connectivity index (χ0v) is 14.8. The molecule has 0 saturated carbocycles. The van der Waals surface area contributed by atoms with Crippen molar-refractivity contribution < 1.29 is 9.53 Å². The van der Waals surface area contributed by atoms with Gasteiger partial charge in [-0.2, -0.15) is 0 Å². The fourth-order valence-corrected chi connectivity index (χ4v) is 2.62. The van der Waals surface area contributed by atoms with Gasteiger partial charge in [0.15, 0.2) is 0 Å². The van der Waals surface area contributed by atoms with Crippen LogP contribution in [0.1, 0.15) is 44.6 Å². The second-order valence-electron chi connectivity index (χ2n) is 5.89. The monoisotopic (exact) mass is 340 g/mol. The fraction of sp³-hybridized carbons (Fsp3) is 0.611. The molecule has 2 rings (SSSR count). The maximum Gasteiger partial charge on any atom is 0.237 e. The molecule has 1 saturated heterocycles. The van der Waals surface area contributed by atoms with Crippen LogP contribution in [0.4, 0.5) is 0 Å². The Morgan fingerprint density at radius 3 is 2.74 bits per heavy atom. The first kappa shape index (κ1) is 19.8. The van der Waals surface area contributed by atoms with Gasteiger partial charge in [0, 0.05) is 6.54 Å². The summed E-state index contributed by atoms with van der Waals surface area (Å²) in [6.45, 7) is 4.58. The van der Waals surface area contributed by atoms with Crippen molar-refractivity contribution in [2.24, 2.45) is 0 Å². The highest BCUT2D eigenvalue weighted by molar-refractivity contribution is 5.85. The summed E-state index contributed by atoms with van der Waals surface area (Å²) in [6, 6.07) is 8.17. The fourth-order valence-electron chi connectivity index (χ4n) is 2.62. The molecule has 1 fully saturated rings. The number of ether oxygens (including phenoxy) is 1. The number of carbonyl (C=O) groups is 1. The van der Waals surface area contributed by atoms with Crippen molar-refractivity contribution in [1.82, 2.24) is 10.6 Å². The van der Waals surface area contributed by atoms with Gasteiger partial charge < -0.3 is 15.4 Å². The Bertz CT molecular complexity index is 445. The van der Waals surface area contributed by atoms with Crippen LogP contribution in [0.15, 0.2) is 24.3 Å². The normalized spacial score (nSPS) is 17.2. The van der Waals surface area contributed by atoms with Crippen LogP contribution in [-0.2, 0) is 11.2 Å². The van der Waals surface area contributed by atoms with Crippen molar-refractivity contribution in [3.8, 4) is 5.75 Å². The summed E-state index contributed by atoms with van der Waals surface area (Å²) in [6.07, 6.45) is 6.36. The molecule has 0 radical (unpaired) electrons. The van der Waals surface area contributed by atoms with Crippen LogP contribution < -0.4 is 15.4 Å². The lowest BCUT2D eigenvalue weighted by Crippen LogP contribution is -2.47. The summed E-state index contributed by atoms with van der Waals surface area (Å²) in [5, 5.41) is 6.30. The summed E-state index contributed by atoms with van der Waals surface area (Å²) in [4.78, 5) is 12.0. The van der Waals surface area contributed by atoms with Gasteiger partial charge in [0.1, 0.15) is 5.75 Å². The molecular weight excluding hydrogens is 312 g/mol. The van der Waals surface area contributed by atoms with Crippen molar-refractivity contribution in [2.75, 3.05) is 19.7 Å². The van der Waals surface area contributed by atoms with Gasteiger partial charge in [-0.15, -0.1) is 12.4 Å². The lowest BCUT2D eigenvalue weighted by Gasteiger charge is -2.22. The second-order valence-corrected chi connectivity index (χ2v) is 5.89. The number of carbonyl (C=O) groups excluding carboxylic acids is 1. The van der Waals surface area contributed by atoms with Gasteiger partial charge >= 0.3 is 0 Å². The number of rotatable bonds is 8. The molecule has 1 heterocycles. The van der Waals surface area contributed by atoms with Gasteiger partial charge in [0.25, 0.3) is 0 Å². The van der Waals surface area contributed by atoms with Crippen molar-refractivity contribution >= 4 is 18.3 Å². The number of nitrogens with one attached hydrogen (secondary N) is 2. The molecule has 23 heavy (non-hydrogen) atoms. The van der Waals surface area contributed by atoms with E-state index in [1.807, 2.05) is 12.1 Å². The standard InChI is InChI=1S/C18H28N2O2.ClH/c1-2-3-14-22-16-9-7-15(8-10-16)11-13-20-18(21)17-6-4-5-12-19-17;/h7-10,17,19H,2-6,11-14H2,1H3,(H,20,21);1H. The molecule has 0 aliphatic carbocycles. The molecule has 1 aliphatic rings. The van der Waals surface area contributed by atoms with E-state index in [1.54, 1.807) is 0 Å². The van der Waals surface area contributed by atoms with Gasteiger partial charge in [-0.1, -0.05) is 31.9 Å². The van der Waals surface area contributed by atoms with E-state index < -0.39 is 0 Å². The van der Waals surface area contributed by atoms with Gasteiger partial charge in [0.2, 0.25) is 5.91 Å². The molecule has 1 unspecified atom stereocenters. The van der Waals surface area contributed by atoms with E-state index in [1.165, 1.54) is 12.0 Å². The van der Waals surface area contributed by atoms with Gasteiger partial charge in [-0.05, 0) is 49.9 Å². The third kappa shape index (κ3) is 7.23. The lowest BCUT2D eigenvalue weighted by molar-refractivity contribution is -0.123. The molecule has 4 nitrogen and oxygen atoms in total. The lowest BCUT2D eigenvalue weighted by atomic mass is 10.0. The van der Waals surface area contributed by atoms with Crippen molar-refractivity contribution in [1.29, 1.82) is 0 Å². The Morgan fingerprint density at radius 2 is 2.09 bits per heavy atom. The SMILES string of the molecule is CCCCOc1ccc(CCNC(=O)C2CCCCN2)cc1.Cl. The van der Waals surface area contributed by atoms with E-state index in [-0.39, 0.29) is 24.4 Å². The number of benzene rings is 1. The zero-order chi connectivity index (χ0) is 15.6. The first-order valence-corrected chi connectivity index (χ1v) is 8.52. The predicted molar refractivity (Wildman–Crippen MR) is 96.4 cm³/mol. The summed E-state index contributed by atoms with van der Waals surface area (Å²) in [7, 11) is 0. The van der Waals surface area contributed by atoms with E-state index in [4.69, 9.17) is 4.74 Å². The van der Waals surface area contributed by atoms with Gasteiger partial charge in [-0.3, -0.25) is 4.79 Å². The minimum absolute atomic E-state index is 0. The summed E-state index contributed by atoms with van der Waals surface area (Å²) >= 11 is 0. The van der Waals surface area contributed by atoms with Crippen LogP contribution in [0.3, 0.4) is 0 Å². The minimum atomic E-state index is 0. The number of piperidine rings is 1. The Balaban J connectivity index is 0.00000264. The van der Waals surface area contributed by atoms with E-state index in [2.05, 4.69) is 29.7 Å². The van der Waals surface area contributed by atoms with E-state index in [0.717, 1.165) is 51.0 Å². The maximum absolute atomic E-state index is 12.0. The molecule has 1 aromatic carbocycles. The molecule has 2 N–H and O–H groups in total. The zero-order valence-electron chi connectivity index (χ0n) is 14.0. The Kier molecular flexibility index (Phi) is 9.72. The van der Waals surface area contributed by atoms with Crippen molar-refractivity contribution in [3.05, 3.63) is 29.8 Å². The molecule has 0 bridgehead atoms. The van der Waals surface area contributed by atoms with Crippen LogP contribution in [0.2, 0.25) is 0 Å². The largest absolute Gasteiger partial charge is 0.494 e. The predicted octanol–water partition coefficient (Wildman–Crippen LogP) is 3.09. The molecule has 1 aliphatic heterocycles. The molecule has 130 valence electrons. The van der Waals surface area contributed by atoms with E-state index >= 15 is 0 Å². The molecule has 1 amide bonds. The van der Waals surface area contributed by atoms with Crippen LogP contribution >= 0.6 is 12.4 Å². The molecule has 0 spiro atoms. The van der Waals surface area contributed by atoms with Crippen LogP contribution in [0, 0.1) is 0 Å². The smallest absolute Gasteiger partial charge is 0.237 e. The molecule has 5 heteroatoms. The molecule has 1 atom stereocenters. The van der Waals surface area contributed by atoms with Crippen molar-refractivity contribution in [2.45, 2.75) is 51.5 Å². The number of hydrogen-bond donors (Lipinski definition) is 2. The third-order valence-electron chi connectivity index (χ3n) is 4.03. The van der Waals surface area contributed by atoms with Gasteiger partial charge in [-0.25, -0.2) is 0 Å². The molecular formula is C18H29ClN2O2. The Labute approximate surface area is 145 Å². The first-order valence-electron chi connectivity index (χ1n) is 8.52. The van der Waals surface area contributed by atoms with Crippen LogP contribution in [-0.4, -0.2) is 31.6 Å². The topological polar surface area (TPSA) is 50.4 Å². The van der Waals surface area contributed by atoms with E-state index in [0.29, 0.717) is 6.54 Å². The summed E-state index contributed by atoms with van der Waals surface area (Å²) < 4.78 is 5.65. The maximum atomic E-state index is 12.0. The number of unbranched alkanes of at least 4 members (excludes halogenated alkanes) is 1. The van der Waals surface area contributed by atoms with Crippen molar-refractivity contribution in [3.63, 3.8) is 0 Å².